The Balaban J connectivity index is 1.45. The van der Waals surface area contributed by atoms with Gasteiger partial charge in [0.05, 0.1) is 4.92 Å². The van der Waals surface area contributed by atoms with Gasteiger partial charge in [0, 0.05) is 47.1 Å². The average molecular weight is 403 g/mol. The van der Waals surface area contributed by atoms with Crippen LogP contribution in [0.4, 0.5) is 38.9 Å². The van der Waals surface area contributed by atoms with Gasteiger partial charge in [-0.15, -0.1) is 0 Å². The summed E-state index contributed by atoms with van der Waals surface area (Å²) >= 11 is 0. The topological polar surface area (TPSA) is 108 Å². The molecule has 0 aromatic heterocycles. The SMILES string of the molecule is Cc1ccc(NC(=O)Nc2cccc([N+](=O)[O-])c2)cc1Nc1ccc2c(c1)NCC2. The Morgan fingerprint density at radius 3 is 2.57 bits per heavy atom. The molecule has 3 aromatic rings. The van der Waals surface area contributed by atoms with Crippen LogP contribution >= 0.6 is 0 Å². The highest BCUT2D eigenvalue weighted by atomic mass is 16.6. The van der Waals surface area contributed by atoms with Crippen LogP contribution in [0.15, 0.2) is 60.7 Å². The third kappa shape index (κ3) is 4.33. The van der Waals surface area contributed by atoms with Crippen LogP contribution in [0.2, 0.25) is 0 Å². The van der Waals surface area contributed by atoms with Gasteiger partial charge in [-0.25, -0.2) is 4.79 Å². The molecule has 2 amide bonds. The van der Waals surface area contributed by atoms with Gasteiger partial charge >= 0.3 is 6.03 Å². The number of fused-ring (bicyclic) bond motifs is 1. The molecule has 0 spiro atoms. The minimum Gasteiger partial charge on any atom is -0.384 e. The normalized spacial score (nSPS) is 11.9. The summed E-state index contributed by atoms with van der Waals surface area (Å²) in [6.07, 6.45) is 1.04. The number of hydrogen-bond donors (Lipinski definition) is 4. The molecule has 0 unspecified atom stereocenters. The number of hydrogen-bond acceptors (Lipinski definition) is 5. The molecule has 4 N–H and O–H groups in total. The number of nitro benzene ring substituents is 1. The largest absolute Gasteiger partial charge is 0.384 e. The highest BCUT2D eigenvalue weighted by molar-refractivity contribution is 6.00. The molecule has 8 nitrogen and oxygen atoms in total. The lowest BCUT2D eigenvalue weighted by molar-refractivity contribution is -0.384. The van der Waals surface area contributed by atoms with Crippen molar-refractivity contribution in [3.05, 3.63) is 81.9 Å². The minimum absolute atomic E-state index is 0.0848. The van der Waals surface area contributed by atoms with E-state index in [2.05, 4.69) is 33.4 Å². The van der Waals surface area contributed by atoms with E-state index in [0.717, 1.165) is 35.6 Å². The highest BCUT2D eigenvalue weighted by Gasteiger charge is 2.12. The van der Waals surface area contributed by atoms with E-state index < -0.39 is 11.0 Å². The summed E-state index contributed by atoms with van der Waals surface area (Å²) in [5.41, 5.74) is 6.19. The maximum atomic E-state index is 12.3. The summed E-state index contributed by atoms with van der Waals surface area (Å²) in [7, 11) is 0. The lowest BCUT2D eigenvalue weighted by Gasteiger charge is -2.14. The smallest absolute Gasteiger partial charge is 0.323 e. The lowest BCUT2D eigenvalue weighted by atomic mass is 10.1. The first-order chi connectivity index (χ1) is 14.5. The fraction of sp³-hybridized carbons (Fsp3) is 0.136. The van der Waals surface area contributed by atoms with E-state index in [9.17, 15) is 14.9 Å². The van der Waals surface area contributed by atoms with Crippen LogP contribution in [0, 0.1) is 17.0 Å². The van der Waals surface area contributed by atoms with Crippen LogP contribution in [0.25, 0.3) is 0 Å². The molecule has 0 fully saturated rings. The molecule has 0 atom stereocenters. The average Bonchev–Trinajstić information content (AvgIpc) is 3.18. The number of anilines is 5. The van der Waals surface area contributed by atoms with Crippen molar-refractivity contribution in [2.45, 2.75) is 13.3 Å². The second kappa shape index (κ2) is 8.12. The van der Waals surface area contributed by atoms with Gasteiger partial charge in [-0.3, -0.25) is 10.1 Å². The molecule has 4 rings (SSSR count). The zero-order valence-electron chi connectivity index (χ0n) is 16.4. The van der Waals surface area contributed by atoms with Crippen molar-refractivity contribution in [2.24, 2.45) is 0 Å². The van der Waals surface area contributed by atoms with Gasteiger partial charge in [0.1, 0.15) is 0 Å². The number of carbonyl (C=O) groups excluding carboxylic acids is 1. The second-order valence-electron chi connectivity index (χ2n) is 7.09. The molecule has 0 aliphatic carbocycles. The van der Waals surface area contributed by atoms with Crippen molar-refractivity contribution in [2.75, 3.05) is 27.8 Å². The summed E-state index contributed by atoms with van der Waals surface area (Å²) < 4.78 is 0. The molecule has 152 valence electrons. The highest BCUT2D eigenvalue weighted by Crippen LogP contribution is 2.29. The second-order valence-corrected chi connectivity index (χ2v) is 7.09. The third-order valence-corrected chi connectivity index (χ3v) is 4.91. The van der Waals surface area contributed by atoms with E-state index in [1.54, 1.807) is 12.1 Å². The van der Waals surface area contributed by atoms with Gasteiger partial charge in [0.15, 0.2) is 0 Å². The Labute approximate surface area is 173 Å². The molecular weight excluding hydrogens is 382 g/mol. The van der Waals surface area contributed by atoms with Crippen molar-refractivity contribution in [3.8, 4) is 0 Å². The molecule has 30 heavy (non-hydrogen) atoms. The Bertz CT molecular complexity index is 1130. The van der Waals surface area contributed by atoms with Crippen molar-refractivity contribution in [1.29, 1.82) is 0 Å². The quantitative estimate of drug-likeness (QED) is 0.343. The van der Waals surface area contributed by atoms with E-state index in [4.69, 9.17) is 0 Å². The van der Waals surface area contributed by atoms with Crippen LogP contribution in [0.3, 0.4) is 0 Å². The molecule has 1 aliphatic heterocycles. The number of amides is 2. The molecule has 0 radical (unpaired) electrons. The van der Waals surface area contributed by atoms with E-state index in [0.29, 0.717) is 11.4 Å². The number of urea groups is 1. The number of benzene rings is 3. The van der Waals surface area contributed by atoms with Gasteiger partial charge in [0.25, 0.3) is 5.69 Å². The Morgan fingerprint density at radius 2 is 1.77 bits per heavy atom. The van der Waals surface area contributed by atoms with Gasteiger partial charge in [0.2, 0.25) is 0 Å². The van der Waals surface area contributed by atoms with Gasteiger partial charge in [-0.05, 0) is 54.8 Å². The van der Waals surface area contributed by atoms with Crippen LogP contribution in [0.5, 0.6) is 0 Å². The predicted molar refractivity (Wildman–Crippen MR) is 119 cm³/mol. The fourth-order valence-corrected chi connectivity index (χ4v) is 3.35. The van der Waals surface area contributed by atoms with Crippen LogP contribution in [-0.2, 0) is 6.42 Å². The summed E-state index contributed by atoms with van der Waals surface area (Å²) in [5.74, 6) is 0. The Morgan fingerprint density at radius 1 is 1.00 bits per heavy atom. The molecule has 1 aliphatic rings. The van der Waals surface area contributed by atoms with E-state index in [1.807, 2.05) is 25.1 Å². The van der Waals surface area contributed by atoms with Crippen molar-refractivity contribution >= 4 is 40.2 Å². The van der Waals surface area contributed by atoms with Crippen molar-refractivity contribution < 1.29 is 9.72 Å². The number of nitro groups is 1. The summed E-state index contributed by atoms with van der Waals surface area (Å²) in [5, 5.41) is 23.0. The number of carbonyl (C=O) groups is 1. The van der Waals surface area contributed by atoms with Crippen LogP contribution in [-0.4, -0.2) is 17.5 Å². The van der Waals surface area contributed by atoms with E-state index >= 15 is 0 Å². The summed E-state index contributed by atoms with van der Waals surface area (Å²) in [4.78, 5) is 22.7. The zero-order valence-corrected chi connectivity index (χ0v) is 16.4. The first-order valence-corrected chi connectivity index (χ1v) is 9.55. The summed E-state index contributed by atoms with van der Waals surface area (Å²) in [6.45, 7) is 2.94. The first kappa shape index (κ1) is 19.3. The summed E-state index contributed by atoms with van der Waals surface area (Å²) in [6, 6.07) is 17.1. The first-order valence-electron chi connectivity index (χ1n) is 9.55. The number of aryl methyl sites for hydroxylation is 1. The molecule has 3 aromatic carbocycles. The standard InChI is InChI=1S/C22H21N5O3/c1-14-5-7-18(26-22(28)25-16-3-2-4-19(11-16)27(29)30)12-20(14)24-17-8-6-15-9-10-23-21(15)13-17/h2-8,11-13,23-24H,9-10H2,1H3,(H2,25,26,28). The van der Waals surface area contributed by atoms with Gasteiger partial charge in [-0.1, -0.05) is 18.2 Å². The number of non-ortho nitro benzene ring substituents is 1. The Hall–Kier alpha value is -4.07. The number of rotatable bonds is 5. The van der Waals surface area contributed by atoms with Gasteiger partial charge in [-0.2, -0.15) is 0 Å². The van der Waals surface area contributed by atoms with Gasteiger partial charge < -0.3 is 21.3 Å². The number of nitrogens with zero attached hydrogens (tertiary/aromatic N) is 1. The predicted octanol–water partition coefficient (Wildman–Crippen LogP) is 5.26. The molecule has 1 heterocycles. The van der Waals surface area contributed by atoms with E-state index in [-0.39, 0.29) is 5.69 Å². The Kier molecular flexibility index (Phi) is 5.21. The van der Waals surface area contributed by atoms with E-state index in [1.165, 1.54) is 23.8 Å². The van der Waals surface area contributed by atoms with Crippen molar-refractivity contribution in [3.63, 3.8) is 0 Å². The molecule has 0 bridgehead atoms. The van der Waals surface area contributed by atoms with Crippen LogP contribution < -0.4 is 21.3 Å². The molecule has 0 saturated heterocycles. The lowest BCUT2D eigenvalue weighted by Crippen LogP contribution is -2.19. The monoisotopic (exact) mass is 403 g/mol. The number of nitrogens with one attached hydrogen (secondary N) is 4. The molecule has 8 heteroatoms. The zero-order chi connectivity index (χ0) is 21.1. The maximum absolute atomic E-state index is 12.3. The third-order valence-electron chi connectivity index (χ3n) is 4.91. The molecular formula is C22H21N5O3. The maximum Gasteiger partial charge on any atom is 0.323 e. The molecule has 0 saturated carbocycles. The fourth-order valence-electron chi connectivity index (χ4n) is 3.35. The van der Waals surface area contributed by atoms with Crippen LogP contribution in [0.1, 0.15) is 11.1 Å². The van der Waals surface area contributed by atoms with Crippen molar-refractivity contribution in [1.82, 2.24) is 0 Å². The minimum atomic E-state index is -0.504.